The van der Waals surface area contributed by atoms with Crippen LogP contribution in [0.15, 0.2) is 53.3 Å². The Bertz CT molecular complexity index is 2310. The summed E-state index contributed by atoms with van der Waals surface area (Å²) in [6, 6.07) is 16.3. The van der Waals surface area contributed by atoms with Gasteiger partial charge in [0.2, 0.25) is 17.8 Å². The zero-order valence-corrected chi connectivity index (χ0v) is 35.6. The number of fused-ring (bicyclic) bond motifs is 2. The number of nitrogens with one attached hydrogen (secondary N) is 1. The minimum absolute atomic E-state index is 0.203. The summed E-state index contributed by atoms with van der Waals surface area (Å²) in [6.45, 7) is 20.8. The molecule has 0 bridgehead atoms. The number of aryl methyl sites for hydroxylation is 1. The smallest absolute Gasteiger partial charge is 0.228 e. The van der Waals surface area contributed by atoms with E-state index in [2.05, 4.69) is 113 Å². The topological polar surface area (TPSA) is 144 Å². The summed E-state index contributed by atoms with van der Waals surface area (Å²) in [5.74, 6) is 2.42. The molecular formula is C42H54BrN11O3. The Morgan fingerprint density at radius 3 is 1.72 bits per heavy atom. The summed E-state index contributed by atoms with van der Waals surface area (Å²) in [5, 5.41) is 13.5. The van der Waals surface area contributed by atoms with Gasteiger partial charge < -0.3 is 34.3 Å². The molecule has 6 aromatic rings. The first-order chi connectivity index (χ1) is 27.6. The van der Waals surface area contributed by atoms with Crippen LogP contribution in [0.3, 0.4) is 0 Å². The monoisotopic (exact) mass is 839 g/mol. The van der Waals surface area contributed by atoms with Crippen LogP contribution in [0.5, 0.6) is 5.75 Å². The molecule has 2 aliphatic heterocycles. The number of imidazole rings is 2. The second kappa shape index (κ2) is 17.7. The predicted octanol–water partition coefficient (Wildman–Crippen LogP) is 8.20. The number of nitrogens with zero attached hydrogens (tertiary/aromatic N) is 10. The number of aromatic nitrogens is 8. The highest BCUT2D eigenvalue weighted by Crippen LogP contribution is 2.35. The van der Waals surface area contributed by atoms with Crippen LogP contribution in [0.25, 0.3) is 44.8 Å². The quantitative estimate of drug-likeness (QED) is 0.128. The van der Waals surface area contributed by atoms with E-state index in [0.717, 1.165) is 100 Å². The SMILES string of the molecule is CCC(C)n1c(Br)nc2c(-c3cccc(C)c3)nc(N3CCOCC3)nc21.CCC(C)n1c(NC(C)C)nc2c(-c3cccc(O)c3)nc(N3CCOCC3)nc21. The van der Waals surface area contributed by atoms with Crippen molar-refractivity contribution in [3.05, 3.63) is 58.8 Å². The average Bonchev–Trinajstić information content (AvgIpc) is 3.76. The molecule has 15 heteroatoms. The van der Waals surface area contributed by atoms with Crippen molar-refractivity contribution in [1.82, 2.24) is 39.0 Å². The van der Waals surface area contributed by atoms with Crippen LogP contribution in [0.1, 0.15) is 72.0 Å². The van der Waals surface area contributed by atoms with Crippen LogP contribution in [0, 0.1) is 6.92 Å². The lowest BCUT2D eigenvalue weighted by Crippen LogP contribution is -2.37. The van der Waals surface area contributed by atoms with Crippen molar-refractivity contribution in [2.45, 2.75) is 79.4 Å². The number of anilines is 3. The molecule has 0 amide bonds. The largest absolute Gasteiger partial charge is 0.508 e. The lowest BCUT2D eigenvalue weighted by molar-refractivity contribution is 0.122. The number of halogens is 1. The molecule has 0 aliphatic carbocycles. The fourth-order valence-electron chi connectivity index (χ4n) is 7.09. The molecule has 2 atom stereocenters. The highest BCUT2D eigenvalue weighted by molar-refractivity contribution is 9.10. The van der Waals surface area contributed by atoms with Gasteiger partial charge in [0.15, 0.2) is 16.0 Å². The van der Waals surface area contributed by atoms with Crippen molar-refractivity contribution in [3.63, 3.8) is 0 Å². The molecule has 4 aromatic heterocycles. The average molecular weight is 841 g/mol. The lowest BCUT2D eigenvalue weighted by atomic mass is 10.1. The van der Waals surface area contributed by atoms with E-state index in [4.69, 9.17) is 39.4 Å². The summed E-state index contributed by atoms with van der Waals surface area (Å²) in [4.78, 5) is 33.8. The molecule has 0 saturated carbocycles. The summed E-state index contributed by atoms with van der Waals surface area (Å²) in [5.41, 5.74) is 7.96. The Kier molecular flexibility index (Phi) is 12.6. The number of morpholine rings is 2. The molecule has 57 heavy (non-hydrogen) atoms. The lowest BCUT2D eigenvalue weighted by Gasteiger charge is -2.27. The van der Waals surface area contributed by atoms with Gasteiger partial charge in [0, 0.05) is 55.4 Å². The fourth-order valence-corrected chi connectivity index (χ4v) is 7.78. The standard InChI is InChI=1S/C22H30N6O2.C20H24BrN5O/c1-5-15(4)28-20-19(25-22(28)23-14(2)3)18(16-7-6-8-17(29)13-16)24-21(26-20)27-9-11-30-12-10-27;1-4-14(3)26-18-17(22-19(26)21)16(15-7-5-6-13(2)12-15)23-20(24-18)25-8-10-27-11-9-25/h6-8,13-15,29H,5,9-12H2,1-4H3,(H,23,25);5-7,12,14H,4,8-11H2,1-3H3. The van der Waals surface area contributed by atoms with Crippen molar-refractivity contribution in [1.29, 1.82) is 0 Å². The fraction of sp³-hybridized carbons (Fsp3) is 0.476. The number of hydrogen-bond donors (Lipinski definition) is 2. The third-order valence-corrected chi connectivity index (χ3v) is 11.1. The molecule has 2 fully saturated rings. The molecule has 6 heterocycles. The molecule has 8 rings (SSSR count). The van der Waals surface area contributed by atoms with Crippen LogP contribution in [-0.4, -0.2) is 103 Å². The summed E-state index contributed by atoms with van der Waals surface area (Å²) < 4.78 is 16.2. The Balaban J connectivity index is 0.000000175. The highest BCUT2D eigenvalue weighted by atomic mass is 79.9. The van der Waals surface area contributed by atoms with E-state index in [1.165, 1.54) is 5.56 Å². The second-order valence-electron chi connectivity index (χ2n) is 15.1. The van der Waals surface area contributed by atoms with Gasteiger partial charge in [0.1, 0.15) is 28.2 Å². The molecule has 2 unspecified atom stereocenters. The van der Waals surface area contributed by atoms with Gasteiger partial charge in [-0.05, 0) is 81.6 Å². The van der Waals surface area contributed by atoms with Crippen molar-refractivity contribution >= 4 is 56.1 Å². The number of ether oxygens (including phenoxy) is 2. The summed E-state index contributed by atoms with van der Waals surface area (Å²) in [6.07, 6.45) is 1.96. The minimum atomic E-state index is 0.203. The van der Waals surface area contributed by atoms with Crippen molar-refractivity contribution in [2.24, 2.45) is 0 Å². The van der Waals surface area contributed by atoms with Gasteiger partial charge in [-0.15, -0.1) is 0 Å². The molecular weight excluding hydrogens is 786 g/mol. The van der Waals surface area contributed by atoms with Crippen LogP contribution < -0.4 is 15.1 Å². The molecule has 0 spiro atoms. The Morgan fingerprint density at radius 2 is 1.19 bits per heavy atom. The maximum absolute atomic E-state index is 10.1. The summed E-state index contributed by atoms with van der Waals surface area (Å²) >= 11 is 3.64. The number of rotatable bonds is 10. The van der Waals surface area contributed by atoms with E-state index in [1.807, 2.05) is 12.1 Å². The number of hydrogen-bond acceptors (Lipinski definition) is 12. The number of phenolic OH excluding ortho intramolecular Hbond substituents is 1. The molecule has 2 aliphatic rings. The van der Waals surface area contributed by atoms with Gasteiger partial charge in [-0.25, -0.2) is 19.9 Å². The van der Waals surface area contributed by atoms with Gasteiger partial charge >= 0.3 is 0 Å². The second-order valence-corrected chi connectivity index (χ2v) is 15.8. The summed E-state index contributed by atoms with van der Waals surface area (Å²) in [7, 11) is 0. The first-order valence-electron chi connectivity index (χ1n) is 20.1. The van der Waals surface area contributed by atoms with Gasteiger partial charge in [-0.2, -0.15) is 9.97 Å². The van der Waals surface area contributed by atoms with Gasteiger partial charge in [-0.3, -0.25) is 4.57 Å². The Morgan fingerprint density at radius 1 is 0.684 bits per heavy atom. The van der Waals surface area contributed by atoms with E-state index in [1.54, 1.807) is 12.1 Å². The van der Waals surface area contributed by atoms with Crippen LogP contribution in [0.2, 0.25) is 0 Å². The van der Waals surface area contributed by atoms with Crippen LogP contribution in [0.4, 0.5) is 17.8 Å². The molecule has 0 radical (unpaired) electrons. The van der Waals surface area contributed by atoms with E-state index in [-0.39, 0.29) is 17.8 Å². The van der Waals surface area contributed by atoms with Crippen molar-refractivity contribution in [3.8, 4) is 28.3 Å². The van der Waals surface area contributed by atoms with E-state index in [0.29, 0.717) is 38.4 Å². The normalized spacial score (nSPS) is 15.9. The predicted molar refractivity (Wildman–Crippen MR) is 230 cm³/mol. The molecule has 2 aromatic carbocycles. The third-order valence-electron chi connectivity index (χ3n) is 10.5. The molecule has 302 valence electrons. The Hall–Kier alpha value is -4.86. The third kappa shape index (κ3) is 8.70. The van der Waals surface area contributed by atoms with Crippen LogP contribution >= 0.6 is 15.9 Å². The zero-order valence-electron chi connectivity index (χ0n) is 34.0. The first-order valence-corrected chi connectivity index (χ1v) is 20.9. The number of benzene rings is 2. The van der Waals surface area contributed by atoms with E-state index in [9.17, 15) is 5.11 Å². The molecule has 2 N–H and O–H groups in total. The van der Waals surface area contributed by atoms with Gasteiger partial charge in [-0.1, -0.05) is 49.7 Å². The molecule has 2 saturated heterocycles. The van der Waals surface area contributed by atoms with E-state index < -0.39 is 0 Å². The Labute approximate surface area is 342 Å². The number of aromatic hydroxyl groups is 1. The maximum Gasteiger partial charge on any atom is 0.228 e. The highest BCUT2D eigenvalue weighted by Gasteiger charge is 2.26. The van der Waals surface area contributed by atoms with Gasteiger partial charge in [0.25, 0.3) is 0 Å². The minimum Gasteiger partial charge on any atom is -0.508 e. The zero-order chi connectivity index (χ0) is 40.2. The van der Waals surface area contributed by atoms with Crippen molar-refractivity contribution < 1.29 is 14.6 Å². The maximum atomic E-state index is 10.1. The number of phenols is 1. The van der Waals surface area contributed by atoms with E-state index >= 15 is 0 Å². The van der Waals surface area contributed by atoms with Gasteiger partial charge in [0.05, 0.1) is 26.4 Å². The van der Waals surface area contributed by atoms with Crippen molar-refractivity contribution in [2.75, 3.05) is 67.7 Å². The molecule has 14 nitrogen and oxygen atoms in total. The first kappa shape index (κ1) is 40.3. The van der Waals surface area contributed by atoms with Crippen LogP contribution in [-0.2, 0) is 9.47 Å².